The zero-order chi connectivity index (χ0) is 12.5. The van der Waals surface area contributed by atoms with E-state index in [9.17, 15) is 0 Å². The summed E-state index contributed by atoms with van der Waals surface area (Å²) in [5, 5.41) is 7.43. The Balaban J connectivity index is 1.78. The third-order valence-electron chi connectivity index (χ3n) is 2.44. The van der Waals surface area contributed by atoms with Gasteiger partial charge in [-0.05, 0) is 25.1 Å². The second-order valence-electron chi connectivity index (χ2n) is 3.84. The lowest BCUT2D eigenvalue weighted by Crippen LogP contribution is -1.98. The predicted molar refractivity (Wildman–Crippen MR) is 81.5 cm³/mol. The molecule has 18 heavy (non-hydrogen) atoms. The summed E-state index contributed by atoms with van der Waals surface area (Å²) in [6.45, 7) is 2.74. The fraction of sp³-hybridized carbons (Fsp3) is 0.167. The number of rotatable bonds is 3. The first kappa shape index (κ1) is 12.1. The number of hydrogen-bond donors (Lipinski definition) is 1. The number of thiazole rings is 2. The molecule has 0 spiro atoms. The van der Waals surface area contributed by atoms with Crippen molar-refractivity contribution in [2.24, 2.45) is 0 Å². The van der Waals surface area contributed by atoms with Gasteiger partial charge < -0.3 is 5.32 Å². The van der Waals surface area contributed by atoms with Gasteiger partial charge in [0.2, 0.25) is 0 Å². The Hall–Kier alpha value is -0.980. The van der Waals surface area contributed by atoms with Gasteiger partial charge in [-0.15, -0.1) is 11.3 Å². The molecule has 0 bridgehead atoms. The van der Waals surface area contributed by atoms with Crippen molar-refractivity contribution in [1.29, 1.82) is 0 Å². The summed E-state index contributed by atoms with van der Waals surface area (Å²) >= 11 is 6.80. The van der Waals surface area contributed by atoms with Gasteiger partial charge in [0.15, 0.2) is 5.13 Å². The standard InChI is InChI=1S/C12H10BrN3S2/c1-7-15-9(6-17-7)5-14-12-16-10-3-2-8(13)4-11(10)18-12/h2-4,6H,5H2,1H3,(H,14,16). The third kappa shape index (κ3) is 2.55. The van der Waals surface area contributed by atoms with E-state index in [-0.39, 0.29) is 0 Å². The van der Waals surface area contributed by atoms with Crippen LogP contribution in [-0.2, 0) is 6.54 Å². The summed E-state index contributed by atoms with van der Waals surface area (Å²) < 4.78 is 2.27. The molecule has 3 rings (SSSR count). The maximum Gasteiger partial charge on any atom is 0.184 e. The second kappa shape index (κ2) is 4.95. The molecule has 0 radical (unpaired) electrons. The van der Waals surface area contributed by atoms with Crippen LogP contribution in [-0.4, -0.2) is 9.97 Å². The van der Waals surface area contributed by atoms with Crippen LogP contribution < -0.4 is 5.32 Å². The number of nitrogens with zero attached hydrogens (tertiary/aromatic N) is 2. The molecule has 0 aliphatic heterocycles. The summed E-state index contributed by atoms with van der Waals surface area (Å²) in [4.78, 5) is 8.96. The number of benzene rings is 1. The van der Waals surface area contributed by atoms with E-state index in [4.69, 9.17) is 0 Å². The molecule has 0 atom stereocenters. The largest absolute Gasteiger partial charge is 0.356 e. The molecule has 0 aliphatic rings. The third-order valence-corrected chi connectivity index (χ3v) is 4.73. The van der Waals surface area contributed by atoms with Crippen molar-refractivity contribution in [2.45, 2.75) is 13.5 Å². The SMILES string of the molecule is Cc1nc(CNc2nc3ccc(Br)cc3s2)cs1. The van der Waals surface area contributed by atoms with Crippen molar-refractivity contribution in [2.75, 3.05) is 5.32 Å². The normalized spacial score (nSPS) is 11.0. The van der Waals surface area contributed by atoms with Gasteiger partial charge in [-0.1, -0.05) is 27.3 Å². The Labute approximate surface area is 121 Å². The van der Waals surface area contributed by atoms with Gasteiger partial charge in [-0.3, -0.25) is 0 Å². The number of anilines is 1. The highest BCUT2D eigenvalue weighted by Gasteiger charge is 2.05. The van der Waals surface area contributed by atoms with Gasteiger partial charge in [-0.2, -0.15) is 0 Å². The molecule has 0 saturated heterocycles. The highest BCUT2D eigenvalue weighted by Crippen LogP contribution is 2.28. The van der Waals surface area contributed by atoms with Crippen LogP contribution in [0.15, 0.2) is 28.1 Å². The van der Waals surface area contributed by atoms with Crippen LogP contribution in [0.1, 0.15) is 10.7 Å². The van der Waals surface area contributed by atoms with E-state index in [0.717, 1.165) is 32.4 Å². The van der Waals surface area contributed by atoms with E-state index in [2.05, 4.69) is 42.7 Å². The van der Waals surface area contributed by atoms with E-state index < -0.39 is 0 Å². The zero-order valence-corrected chi connectivity index (χ0v) is 12.8. The fourth-order valence-electron chi connectivity index (χ4n) is 1.63. The van der Waals surface area contributed by atoms with Gasteiger partial charge in [0, 0.05) is 9.85 Å². The number of hydrogen-bond acceptors (Lipinski definition) is 5. The number of halogens is 1. The molecule has 0 unspecified atom stereocenters. The quantitative estimate of drug-likeness (QED) is 0.766. The maximum atomic E-state index is 4.54. The first-order valence-corrected chi connectivity index (χ1v) is 7.90. The highest BCUT2D eigenvalue weighted by atomic mass is 79.9. The lowest BCUT2D eigenvalue weighted by Gasteiger charge is -1.97. The molecule has 0 saturated carbocycles. The van der Waals surface area contributed by atoms with E-state index in [1.807, 2.05) is 19.1 Å². The summed E-state index contributed by atoms with van der Waals surface area (Å²) in [5.41, 5.74) is 2.10. The number of nitrogens with one attached hydrogen (secondary N) is 1. The second-order valence-corrected chi connectivity index (χ2v) is 6.85. The van der Waals surface area contributed by atoms with Crippen molar-refractivity contribution in [3.63, 3.8) is 0 Å². The minimum atomic E-state index is 0.728. The van der Waals surface area contributed by atoms with E-state index >= 15 is 0 Å². The molecule has 0 fully saturated rings. The zero-order valence-electron chi connectivity index (χ0n) is 9.61. The van der Waals surface area contributed by atoms with Crippen LogP contribution >= 0.6 is 38.6 Å². The topological polar surface area (TPSA) is 37.8 Å². The van der Waals surface area contributed by atoms with Crippen LogP contribution in [0.5, 0.6) is 0 Å². The van der Waals surface area contributed by atoms with Crippen LogP contribution in [0.2, 0.25) is 0 Å². The van der Waals surface area contributed by atoms with E-state index in [1.54, 1.807) is 22.7 Å². The minimum absolute atomic E-state index is 0.728. The van der Waals surface area contributed by atoms with Crippen molar-refractivity contribution >= 4 is 54.0 Å². The van der Waals surface area contributed by atoms with Crippen molar-refractivity contribution in [3.05, 3.63) is 38.8 Å². The lowest BCUT2D eigenvalue weighted by molar-refractivity contribution is 1.05. The first-order valence-electron chi connectivity index (χ1n) is 5.42. The Morgan fingerprint density at radius 2 is 2.22 bits per heavy atom. The smallest absolute Gasteiger partial charge is 0.184 e. The molecular formula is C12H10BrN3S2. The monoisotopic (exact) mass is 339 g/mol. The molecule has 1 N–H and O–H groups in total. The average molecular weight is 340 g/mol. The van der Waals surface area contributed by atoms with Crippen molar-refractivity contribution in [3.8, 4) is 0 Å². The molecule has 3 aromatic rings. The summed E-state index contributed by atoms with van der Waals surface area (Å²) in [6.07, 6.45) is 0. The van der Waals surface area contributed by atoms with Crippen molar-refractivity contribution < 1.29 is 0 Å². The van der Waals surface area contributed by atoms with Gasteiger partial charge in [-0.25, -0.2) is 9.97 Å². The molecule has 0 aliphatic carbocycles. The number of fused-ring (bicyclic) bond motifs is 1. The van der Waals surface area contributed by atoms with Crippen LogP contribution in [0.3, 0.4) is 0 Å². The molecule has 2 aromatic heterocycles. The average Bonchev–Trinajstić information content (AvgIpc) is 2.92. The lowest BCUT2D eigenvalue weighted by atomic mass is 10.3. The Morgan fingerprint density at radius 1 is 1.33 bits per heavy atom. The Kier molecular flexibility index (Phi) is 3.32. The van der Waals surface area contributed by atoms with Crippen LogP contribution in [0.25, 0.3) is 10.2 Å². The molecule has 92 valence electrons. The van der Waals surface area contributed by atoms with Gasteiger partial charge in [0.1, 0.15) is 0 Å². The molecule has 6 heteroatoms. The molecule has 3 nitrogen and oxygen atoms in total. The number of aromatic nitrogens is 2. The summed E-state index contributed by atoms with van der Waals surface area (Å²) in [6, 6.07) is 6.12. The van der Waals surface area contributed by atoms with E-state index in [1.165, 1.54) is 4.70 Å². The number of aryl methyl sites for hydroxylation is 1. The van der Waals surface area contributed by atoms with E-state index in [0.29, 0.717) is 0 Å². The minimum Gasteiger partial charge on any atom is -0.356 e. The molecular weight excluding hydrogens is 330 g/mol. The Bertz CT molecular complexity index is 690. The molecule has 2 heterocycles. The fourth-order valence-corrected chi connectivity index (χ4v) is 3.66. The van der Waals surface area contributed by atoms with Gasteiger partial charge in [0.05, 0.1) is 27.5 Å². The van der Waals surface area contributed by atoms with Gasteiger partial charge >= 0.3 is 0 Å². The predicted octanol–water partition coefficient (Wildman–Crippen LogP) is 4.44. The molecule has 1 aromatic carbocycles. The van der Waals surface area contributed by atoms with Gasteiger partial charge in [0.25, 0.3) is 0 Å². The molecule has 0 amide bonds. The van der Waals surface area contributed by atoms with Crippen molar-refractivity contribution in [1.82, 2.24) is 9.97 Å². The highest BCUT2D eigenvalue weighted by molar-refractivity contribution is 9.10. The van der Waals surface area contributed by atoms with Crippen LogP contribution in [0.4, 0.5) is 5.13 Å². The Morgan fingerprint density at radius 3 is 3.00 bits per heavy atom. The maximum absolute atomic E-state index is 4.54. The van der Waals surface area contributed by atoms with Crippen LogP contribution in [0, 0.1) is 6.92 Å². The first-order chi connectivity index (χ1) is 8.70. The summed E-state index contributed by atoms with van der Waals surface area (Å²) in [7, 11) is 0. The summed E-state index contributed by atoms with van der Waals surface area (Å²) in [5.74, 6) is 0.